The molecule has 0 radical (unpaired) electrons. The van der Waals surface area contributed by atoms with Crippen molar-refractivity contribution in [2.75, 3.05) is 19.6 Å². The van der Waals surface area contributed by atoms with Crippen LogP contribution in [0.25, 0.3) is 16.8 Å². The van der Waals surface area contributed by atoms with E-state index in [1.54, 1.807) is 4.90 Å². The van der Waals surface area contributed by atoms with Gasteiger partial charge in [-0.05, 0) is 62.9 Å². The van der Waals surface area contributed by atoms with Gasteiger partial charge in [-0.15, -0.1) is 0 Å². The second kappa shape index (κ2) is 7.63. The van der Waals surface area contributed by atoms with Crippen LogP contribution >= 0.6 is 0 Å². The molecular weight excluding hydrogens is 380 g/mol. The van der Waals surface area contributed by atoms with Gasteiger partial charge in [0.2, 0.25) is 0 Å². The van der Waals surface area contributed by atoms with Crippen molar-refractivity contribution in [3.63, 3.8) is 0 Å². The van der Waals surface area contributed by atoms with Crippen molar-refractivity contribution in [1.29, 1.82) is 0 Å². The highest BCUT2D eigenvalue weighted by Gasteiger charge is 2.26. The minimum atomic E-state index is -0.514. The lowest BCUT2D eigenvalue weighted by molar-refractivity contribution is 0.0273. The van der Waals surface area contributed by atoms with Crippen molar-refractivity contribution >= 4 is 17.6 Å². The molecule has 3 heterocycles. The first-order chi connectivity index (χ1) is 14.2. The molecule has 1 aromatic heterocycles. The molecular formula is C23H28N4O3. The number of nitrogens with one attached hydrogen (secondary N) is 1. The van der Waals surface area contributed by atoms with Gasteiger partial charge in [0.15, 0.2) is 0 Å². The lowest BCUT2D eigenvalue weighted by Gasteiger charge is -2.29. The van der Waals surface area contributed by atoms with E-state index in [2.05, 4.69) is 23.5 Å². The maximum atomic E-state index is 12.5. The highest BCUT2D eigenvalue weighted by molar-refractivity contribution is 5.97. The second-order valence-corrected chi connectivity index (χ2v) is 8.84. The van der Waals surface area contributed by atoms with E-state index in [9.17, 15) is 9.59 Å². The van der Waals surface area contributed by atoms with Crippen LogP contribution in [0.2, 0.25) is 0 Å². The number of aromatic nitrogens is 2. The molecule has 0 fully saturated rings. The van der Waals surface area contributed by atoms with Gasteiger partial charge in [-0.25, -0.2) is 4.79 Å². The van der Waals surface area contributed by atoms with Gasteiger partial charge in [-0.1, -0.05) is 12.1 Å². The zero-order valence-corrected chi connectivity index (χ0v) is 18.0. The Morgan fingerprint density at radius 1 is 1.23 bits per heavy atom. The van der Waals surface area contributed by atoms with E-state index in [-0.39, 0.29) is 12.0 Å². The summed E-state index contributed by atoms with van der Waals surface area (Å²) in [7, 11) is 1.92. The van der Waals surface area contributed by atoms with Gasteiger partial charge >= 0.3 is 6.09 Å². The summed E-state index contributed by atoms with van der Waals surface area (Å²) in [6.45, 7) is 7.41. The van der Waals surface area contributed by atoms with Gasteiger partial charge in [-0.3, -0.25) is 9.48 Å². The van der Waals surface area contributed by atoms with Crippen molar-refractivity contribution in [2.24, 2.45) is 7.05 Å². The predicted octanol–water partition coefficient (Wildman–Crippen LogP) is 3.40. The van der Waals surface area contributed by atoms with Crippen molar-refractivity contribution in [3.05, 3.63) is 47.2 Å². The molecule has 2 amide bonds. The van der Waals surface area contributed by atoms with Gasteiger partial charge in [0.1, 0.15) is 5.60 Å². The van der Waals surface area contributed by atoms with E-state index < -0.39 is 5.60 Å². The third-order valence-corrected chi connectivity index (χ3v) is 5.34. The number of ether oxygens (including phenoxy) is 1. The molecule has 0 spiro atoms. The molecule has 2 aromatic rings. The first-order valence-electron chi connectivity index (χ1n) is 10.3. The molecule has 1 aromatic carbocycles. The van der Waals surface area contributed by atoms with E-state index in [1.807, 2.05) is 44.6 Å². The van der Waals surface area contributed by atoms with Crippen molar-refractivity contribution < 1.29 is 14.3 Å². The van der Waals surface area contributed by atoms with Crippen LogP contribution in [0.4, 0.5) is 4.79 Å². The molecule has 7 heteroatoms. The number of fused-ring (bicyclic) bond motifs is 1. The average molecular weight is 409 g/mol. The molecule has 30 heavy (non-hydrogen) atoms. The quantitative estimate of drug-likeness (QED) is 0.826. The van der Waals surface area contributed by atoms with Crippen LogP contribution in [0.3, 0.4) is 0 Å². The maximum Gasteiger partial charge on any atom is 0.410 e. The first-order valence-corrected chi connectivity index (χ1v) is 10.3. The first kappa shape index (κ1) is 20.2. The molecule has 0 bridgehead atoms. The molecule has 0 saturated heterocycles. The van der Waals surface area contributed by atoms with E-state index in [1.165, 1.54) is 0 Å². The molecule has 158 valence electrons. The van der Waals surface area contributed by atoms with E-state index in [4.69, 9.17) is 9.84 Å². The zero-order chi connectivity index (χ0) is 21.5. The number of carbonyl (C=O) groups is 2. The summed E-state index contributed by atoms with van der Waals surface area (Å²) >= 11 is 0. The molecule has 7 nitrogen and oxygen atoms in total. The minimum Gasteiger partial charge on any atom is -0.444 e. The number of amides is 2. The van der Waals surface area contributed by atoms with E-state index >= 15 is 0 Å². The van der Waals surface area contributed by atoms with Crippen molar-refractivity contribution in [1.82, 2.24) is 20.0 Å². The van der Waals surface area contributed by atoms with Crippen LogP contribution in [-0.2, 0) is 18.2 Å². The Balaban J connectivity index is 1.56. The molecule has 1 N–H and O–H groups in total. The summed E-state index contributed by atoms with van der Waals surface area (Å²) in [5.74, 6) is -0.0110. The number of carbonyl (C=O) groups excluding carboxylic acids is 2. The van der Waals surface area contributed by atoms with Crippen LogP contribution in [0.15, 0.2) is 30.3 Å². The maximum absolute atomic E-state index is 12.5. The number of hydrogen-bond acceptors (Lipinski definition) is 4. The van der Waals surface area contributed by atoms with Crippen LogP contribution < -0.4 is 5.32 Å². The number of nitrogens with zero attached hydrogens (tertiary/aromatic N) is 3. The average Bonchev–Trinajstić information content (AvgIpc) is 3.08. The molecule has 0 saturated carbocycles. The van der Waals surface area contributed by atoms with Crippen LogP contribution in [0.5, 0.6) is 0 Å². The molecule has 2 aliphatic heterocycles. The molecule has 0 aliphatic carbocycles. The fourth-order valence-electron chi connectivity index (χ4n) is 3.89. The predicted molar refractivity (Wildman–Crippen MR) is 115 cm³/mol. The lowest BCUT2D eigenvalue weighted by Crippen LogP contribution is -2.39. The van der Waals surface area contributed by atoms with Gasteiger partial charge in [0.25, 0.3) is 5.91 Å². The van der Waals surface area contributed by atoms with Crippen molar-refractivity contribution in [3.8, 4) is 11.3 Å². The monoisotopic (exact) mass is 408 g/mol. The summed E-state index contributed by atoms with van der Waals surface area (Å²) in [6.07, 6.45) is 3.45. The Morgan fingerprint density at radius 2 is 2.03 bits per heavy atom. The highest BCUT2D eigenvalue weighted by atomic mass is 16.6. The topological polar surface area (TPSA) is 76.5 Å². The molecule has 4 rings (SSSR count). The summed E-state index contributed by atoms with van der Waals surface area (Å²) in [5, 5.41) is 7.57. The Bertz CT molecular complexity index is 1030. The number of rotatable bonds is 2. The Labute approximate surface area is 176 Å². The van der Waals surface area contributed by atoms with Gasteiger partial charge in [-0.2, -0.15) is 5.10 Å². The fourth-order valence-corrected chi connectivity index (χ4v) is 3.89. The number of hydrogen-bond donors (Lipinski definition) is 1. The molecule has 0 atom stereocenters. The number of aryl methyl sites for hydroxylation is 1. The van der Waals surface area contributed by atoms with Crippen LogP contribution in [-0.4, -0.2) is 51.9 Å². The summed E-state index contributed by atoms with van der Waals surface area (Å²) in [6, 6.07) is 7.98. The Morgan fingerprint density at radius 3 is 2.80 bits per heavy atom. The zero-order valence-electron chi connectivity index (χ0n) is 18.0. The third kappa shape index (κ3) is 4.10. The SMILES string of the molecule is Cn1nc(C2=CCCN(C(=O)OC(C)(C)C)C2)cc1-c1ccc2c(c1)CCNC2=O. The van der Waals surface area contributed by atoms with E-state index in [0.717, 1.165) is 46.5 Å². The summed E-state index contributed by atoms with van der Waals surface area (Å²) in [5.41, 5.74) is 5.18. The lowest BCUT2D eigenvalue weighted by atomic mass is 9.96. The second-order valence-electron chi connectivity index (χ2n) is 8.84. The molecule has 2 aliphatic rings. The standard InChI is InChI=1S/C23H28N4O3/c1-23(2,3)30-22(29)27-11-5-6-17(14-27)19-13-20(26(4)25-19)16-7-8-18-15(12-16)9-10-24-21(18)28/h6-8,12-13H,5,9-11,14H2,1-4H3,(H,24,28). The van der Waals surface area contributed by atoms with Gasteiger partial charge < -0.3 is 15.0 Å². The van der Waals surface area contributed by atoms with Gasteiger partial charge in [0.05, 0.1) is 17.9 Å². The Hall–Kier alpha value is -3.09. The Kier molecular flexibility index (Phi) is 5.13. The molecule has 0 unspecified atom stereocenters. The number of benzene rings is 1. The fraction of sp³-hybridized carbons (Fsp3) is 0.435. The normalized spacial score (nSPS) is 16.6. The third-order valence-electron chi connectivity index (χ3n) is 5.34. The van der Waals surface area contributed by atoms with Crippen LogP contribution in [0.1, 0.15) is 48.8 Å². The van der Waals surface area contributed by atoms with Crippen molar-refractivity contribution in [2.45, 2.75) is 39.2 Å². The van der Waals surface area contributed by atoms with Crippen LogP contribution in [0, 0.1) is 0 Å². The largest absolute Gasteiger partial charge is 0.444 e. The highest BCUT2D eigenvalue weighted by Crippen LogP contribution is 2.28. The summed E-state index contributed by atoms with van der Waals surface area (Å²) < 4.78 is 7.38. The minimum absolute atomic E-state index is 0.0110. The van der Waals surface area contributed by atoms with E-state index in [0.29, 0.717) is 19.6 Å². The summed E-state index contributed by atoms with van der Waals surface area (Å²) in [4.78, 5) is 26.2. The van der Waals surface area contributed by atoms with Gasteiger partial charge in [0, 0.05) is 31.3 Å². The smallest absolute Gasteiger partial charge is 0.410 e.